The molecule has 158 valence electrons. The molecule has 31 heavy (non-hydrogen) atoms. The van der Waals surface area contributed by atoms with Gasteiger partial charge in [-0.25, -0.2) is 9.78 Å². The van der Waals surface area contributed by atoms with Crippen LogP contribution in [-0.4, -0.2) is 26.5 Å². The van der Waals surface area contributed by atoms with Crippen LogP contribution in [0.15, 0.2) is 87.5 Å². The number of esters is 1. The SMILES string of the molecule is COC(=O)c1ccccc1CSc1ncccc1NS(=O)(=O)c1cc2ccccc2o1. The third-order valence-corrected chi connectivity index (χ3v) is 6.74. The lowest BCUT2D eigenvalue weighted by Gasteiger charge is -2.11. The standard InChI is InChI=1S/C22H18N2O5S2/c1-28-22(25)17-9-4-2-8-16(17)14-30-21-18(10-6-12-23-21)24-31(26,27)20-13-15-7-3-5-11-19(15)29-20/h2-13,24H,14H2,1H3. The number of pyridine rings is 1. The minimum Gasteiger partial charge on any atom is -0.465 e. The van der Waals surface area contributed by atoms with Gasteiger partial charge in [-0.3, -0.25) is 4.72 Å². The van der Waals surface area contributed by atoms with E-state index in [-0.39, 0.29) is 5.09 Å². The van der Waals surface area contributed by atoms with Gasteiger partial charge in [0.15, 0.2) is 0 Å². The zero-order valence-electron chi connectivity index (χ0n) is 16.4. The second-order valence-electron chi connectivity index (χ2n) is 6.50. The number of carbonyl (C=O) groups is 1. The number of rotatable bonds is 7. The fraction of sp³-hybridized carbons (Fsp3) is 0.0909. The summed E-state index contributed by atoms with van der Waals surface area (Å²) in [6.07, 6.45) is 1.58. The van der Waals surface area contributed by atoms with Gasteiger partial charge in [0.1, 0.15) is 10.6 Å². The number of carbonyl (C=O) groups excluding carboxylic acids is 1. The summed E-state index contributed by atoms with van der Waals surface area (Å²) in [5.41, 5.74) is 2.03. The highest BCUT2D eigenvalue weighted by molar-refractivity contribution is 7.98. The number of aromatic nitrogens is 1. The van der Waals surface area contributed by atoms with Crippen molar-refractivity contribution < 1.29 is 22.4 Å². The summed E-state index contributed by atoms with van der Waals surface area (Å²) >= 11 is 1.31. The highest BCUT2D eigenvalue weighted by atomic mass is 32.2. The zero-order valence-corrected chi connectivity index (χ0v) is 18.1. The number of fused-ring (bicyclic) bond motifs is 1. The smallest absolute Gasteiger partial charge is 0.338 e. The lowest BCUT2D eigenvalue weighted by molar-refractivity contribution is 0.0600. The fourth-order valence-electron chi connectivity index (χ4n) is 2.97. The average molecular weight is 455 g/mol. The highest BCUT2D eigenvalue weighted by Gasteiger charge is 2.21. The van der Waals surface area contributed by atoms with E-state index in [0.717, 1.165) is 5.56 Å². The number of hydrogen-bond donors (Lipinski definition) is 1. The number of anilines is 1. The number of furan rings is 1. The number of hydrogen-bond acceptors (Lipinski definition) is 7. The summed E-state index contributed by atoms with van der Waals surface area (Å²) in [6, 6.07) is 18.9. The maximum atomic E-state index is 12.9. The van der Waals surface area contributed by atoms with E-state index in [1.54, 1.807) is 48.7 Å². The molecule has 0 amide bonds. The maximum absolute atomic E-state index is 12.9. The van der Waals surface area contributed by atoms with Crippen molar-refractivity contribution in [3.63, 3.8) is 0 Å². The first-order valence-electron chi connectivity index (χ1n) is 9.23. The summed E-state index contributed by atoms with van der Waals surface area (Å²) < 4.78 is 38.6. The third kappa shape index (κ3) is 4.57. The van der Waals surface area contributed by atoms with E-state index in [2.05, 4.69) is 9.71 Å². The van der Waals surface area contributed by atoms with E-state index in [1.807, 2.05) is 18.2 Å². The lowest BCUT2D eigenvalue weighted by atomic mass is 10.1. The molecule has 0 atom stereocenters. The van der Waals surface area contributed by atoms with E-state index in [9.17, 15) is 13.2 Å². The number of para-hydroxylation sites is 1. The molecule has 2 aromatic heterocycles. The molecule has 0 aliphatic carbocycles. The molecule has 1 N–H and O–H groups in total. The minimum atomic E-state index is -3.95. The van der Waals surface area contributed by atoms with Gasteiger partial charge in [0.05, 0.1) is 18.4 Å². The predicted octanol–water partition coefficient (Wildman–Crippen LogP) is 4.71. The Labute approximate surface area is 183 Å². The molecule has 2 heterocycles. The van der Waals surface area contributed by atoms with Crippen molar-refractivity contribution in [3.8, 4) is 0 Å². The lowest BCUT2D eigenvalue weighted by Crippen LogP contribution is -2.13. The van der Waals surface area contributed by atoms with Gasteiger partial charge < -0.3 is 9.15 Å². The Morgan fingerprint density at radius 3 is 2.68 bits per heavy atom. The molecular formula is C22H18N2O5S2. The molecule has 0 aliphatic rings. The van der Waals surface area contributed by atoms with Gasteiger partial charge in [-0.1, -0.05) is 48.2 Å². The van der Waals surface area contributed by atoms with Crippen LogP contribution in [0.1, 0.15) is 15.9 Å². The van der Waals surface area contributed by atoms with Crippen LogP contribution in [0.5, 0.6) is 0 Å². The molecular weight excluding hydrogens is 436 g/mol. The Balaban J connectivity index is 1.57. The number of methoxy groups -OCH3 is 1. The van der Waals surface area contributed by atoms with Crippen LogP contribution in [0, 0.1) is 0 Å². The maximum Gasteiger partial charge on any atom is 0.338 e. The Morgan fingerprint density at radius 1 is 1.10 bits per heavy atom. The van der Waals surface area contributed by atoms with Gasteiger partial charge in [0.2, 0.25) is 5.09 Å². The van der Waals surface area contributed by atoms with Crippen LogP contribution in [0.2, 0.25) is 0 Å². The van der Waals surface area contributed by atoms with Crippen LogP contribution >= 0.6 is 11.8 Å². The van der Waals surface area contributed by atoms with Crippen LogP contribution in [0.3, 0.4) is 0 Å². The average Bonchev–Trinajstić information content (AvgIpc) is 3.23. The number of sulfonamides is 1. The van der Waals surface area contributed by atoms with Crippen molar-refractivity contribution in [1.82, 2.24) is 4.98 Å². The zero-order chi connectivity index (χ0) is 21.8. The van der Waals surface area contributed by atoms with E-state index in [1.165, 1.54) is 24.9 Å². The predicted molar refractivity (Wildman–Crippen MR) is 119 cm³/mol. The number of nitrogens with zero attached hydrogens (tertiary/aromatic N) is 1. The molecule has 4 aromatic rings. The summed E-state index contributed by atoms with van der Waals surface area (Å²) in [5, 5.41) is 0.995. The first kappa shape index (κ1) is 21.0. The van der Waals surface area contributed by atoms with Crippen LogP contribution in [-0.2, 0) is 20.5 Å². The fourth-order valence-corrected chi connectivity index (χ4v) is 5.02. The summed E-state index contributed by atoms with van der Waals surface area (Å²) in [4.78, 5) is 16.3. The van der Waals surface area contributed by atoms with E-state index in [0.29, 0.717) is 33.0 Å². The second kappa shape index (κ2) is 8.83. The van der Waals surface area contributed by atoms with Gasteiger partial charge in [0, 0.05) is 23.4 Å². The Morgan fingerprint density at radius 2 is 1.87 bits per heavy atom. The minimum absolute atomic E-state index is 0.176. The first-order valence-corrected chi connectivity index (χ1v) is 11.7. The molecule has 0 bridgehead atoms. The Hall–Kier alpha value is -3.30. The van der Waals surface area contributed by atoms with Crippen LogP contribution in [0.25, 0.3) is 11.0 Å². The summed E-state index contributed by atoms with van der Waals surface area (Å²) in [7, 11) is -2.62. The first-order chi connectivity index (χ1) is 15.0. The van der Waals surface area contributed by atoms with Crippen molar-refractivity contribution in [2.45, 2.75) is 15.9 Å². The molecule has 9 heteroatoms. The van der Waals surface area contributed by atoms with Crippen molar-refractivity contribution in [2.75, 3.05) is 11.8 Å². The molecule has 0 spiro atoms. The monoisotopic (exact) mass is 454 g/mol. The number of thioether (sulfide) groups is 1. The molecule has 4 rings (SSSR count). The van der Waals surface area contributed by atoms with E-state index >= 15 is 0 Å². The van der Waals surface area contributed by atoms with Gasteiger partial charge in [0.25, 0.3) is 10.0 Å². The van der Waals surface area contributed by atoms with Crippen molar-refractivity contribution in [2.24, 2.45) is 0 Å². The molecule has 0 fully saturated rings. The van der Waals surface area contributed by atoms with Gasteiger partial charge in [-0.15, -0.1) is 0 Å². The second-order valence-corrected chi connectivity index (χ2v) is 9.08. The Kier molecular flexibility index (Phi) is 5.97. The van der Waals surface area contributed by atoms with Crippen molar-refractivity contribution in [3.05, 3.63) is 84.1 Å². The number of ether oxygens (including phenoxy) is 1. The van der Waals surface area contributed by atoms with E-state index < -0.39 is 16.0 Å². The molecule has 7 nitrogen and oxygen atoms in total. The molecule has 0 saturated heterocycles. The topological polar surface area (TPSA) is 98.5 Å². The quantitative estimate of drug-likeness (QED) is 0.319. The van der Waals surface area contributed by atoms with Gasteiger partial charge in [-0.2, -0.15) is 8.42 Å². The van der Waals surface area contributed by atoms with Crippen LogP contribution in [0.4, 0.5) is 5.69 Å². The van der Waals surface area contributed by atoms with E-state index in [4.69, 9.17) is 9.15 Å². The summed E-state index contributed by atoms with van der Waals surface area (Å²) in [5.74, 6) is -0.0233. The number of benzene rings is 2. The number of nitrogens with one attached hydrogen (secondary N) is 1. The largest absolute Gasteiger partial charge is 0.465 e. The molecule has 2 aromatic carbocycles. The third-order valence-electron chi connectivity index (χ3n) is 4.47. The molecule has 0 aliphatic heterocycles. The van der Waals surface area contributed by atoms with Gasteiger partial charge >= 0.3 is 5.97 Å². The van der Waals surface area contributed by atoms with Crippen molar-refractivity contribution in [1.29, 1.82) is 0 Å². The van der Waals surface area contributed by atoms with Gasteiger partial charge in [-0.05, 0) is 29.8 Å². The summed E-state index contributed by atoms with van der Waals surface area (Å²) in [6.45, 7) is 0. The molecule has 0 unspecified atom stereocenters. The Bertz CT molecular complexity index is 1320. The normalized spacial score (nSPS) is 11.4. The van der Waals surface area contributed by atoms with Crippen LogP contribution < -0.4 is 4.72 Å². The molecule has 0 radical (unpaired) electrons. The van der Waals surface area contributed by atoms with Crippen molar-refractivity contribution >= 4 is 44.4 Å². The molecule has 0 saturated carbocycles. The highest BCUT2D eigenvalue weighted by Crippen LogP contribution is 2.31.